The van der Waals surface area contributed by atoms with Crippen molar-refractivity contribution in [2.24, 2.45) is 0 Å². The SMILES string of the molecule is Cc1cccc(CN2CCN(C(=O)c3cc(COc4ccccc4C)cs3)CC2)c1. The molecule has 2 aromatic carbocycles. The summed E-state index contributed by atoms with van der Waals surface area (Å²) in [5.41, 5.74) is 4.80. The highest BCUT2D eigenvalue weighted by Gasteiger charge is 2.23. The van der Waals surface area contributed by atoms with Gasteiger partial charge in [-0.05, 0) is 42.5 Å². The third-order valence-corrected chi connectivity index (χ3v) is 6.47. The molecule has 3 aromatic rings. The molecule has 156 valence electrons. The van der Waals surface area contributed by atoms with Crippen LogP contribution in [0, 0.1) is 13.8 Å². The minimum absolute atomic E-state index is 0.136. The Morgan fingerprint density at radius 2 is 1.77 bits per heavy atom. The van der Waals surface area contributed by atoms with E-state index in [9.17, 15) is 4.79 Å². The van der Waals surface area contributed by atoms with Crippen LogP contribution in [0.2, 0.25) is 0 Å². The van der Waals surface area contributed by atoms with Gasteiger partial charge in [-0.25, -0.2) is 0 Å². The number of ether oxygens (including phenoxy) is 1. The number of piperazine rings is 1. The number of nitrogens with zero attached hydrogens (tertiary/aromatic N) is 2. The number of hydrogen-bond acceptors (Lipinski definition) is 4. The van der Waals surface area contributed by atoms with Crippen LogP contribution in [0.25, 0.3) is 0 Å². The molecule has 0 unspecified atom stereocenters. The first-order valence-corrected chi connectivity index (χ1v) is 11.3. The van der Waals surface area contributed by atoms with Gasteiger partial charge >= 0.3 is 0 Å². The Labute approximate surface area is 182 Å². The van der Waals surface area contributed by atoms with Crippen LogP contribution >= 0.6 is 11.3 Å². The molecule has 0 atom stereocenters. The lowest BCUT2D eigenvalue weighted by Gasteiger charge is -2.34. The number of amides is 1. The van der Waals surface area contributed by atoms with Gasteiger partial charge in [0.1, 0.15) is 12.4 Å². The van der Waals surface area contributed by atoms with Crippen molar-refractivity contribution in [3.05, 3.63) is 87.1 Å². The number of carbonyl (C=O) groups is 1. The van der Waals surface area contributed by atoms with Crippen LogP contribution in [-0.2, 0) is 13.2 Å². The fraction of sp³-hybridized carbons (Fsp3) is 0.320. The summed E-state index contributed by atoms with van der Waals surface area (Å²) >= 11 is 1.51. The molecule has 0 bridgehead atoms. The number of carbonyl (C=O) groups excluding carboxylic acids is 1. The number of thiophene rings is 1. The topological polar surface area (TPSA) is 32.8 Å². The first-order valence-electron chi connectivity index (χ1n) is 10.4. The van der Waals surface area contributed by atoms with E-state index in [1.165, 1.54) is 22.5 Å². The molecular formula is C25H28N2O2S. The first kappa shape index (κ1) is 20.6. The minimum Gasteiger partial charge on any atom is -0.489 e. The number of para-hydroxylation sites is 1. The Hall–Kier alpha value is -2.63. The van der Waals surface area contributed by atoms with Gasteiger partial charge in [0.15, 0.2) is 0 Å². The van der Waals surface area contributed by atoms with E-state index in [0.29, 0.717) is 6.61 Å². The number of hydrogen-bond donors (Lipinski definition) is 0. The maximum absolute atomic E-state index is 12.9. The van der Waals surface area contributed by atoms with Gasteiger partial charge in [-0.1, -0.05) is 48.0 Å². The van der Waals surface area contributed by atoms with E-state index < -0.39 is 0 Å². The first-order chi connectivity index (χ1) is 14.6. The van der Waals surface area contributed by atoms with Gasteiger partial charge < -0.3 is 9.64 Å². The molecule has 4 nitrogen and oxygen atoms in total. The second-order valence-corrected chi connectivity index (χ2v) is 8.84. The summed E-state index contributed by atoms with van der Waals surface area (Å²) in [4.78, 5) is 18.1. The Bertz CT molecular complexity index is 1010. The van der Waals surface area contributed by atoms with E-state index in [1.54, 1.807) is 0 Å². The maximum atomic E-state index is 12.9. The molecule has 5 heteroatoms. The molecule has 30 heavy (non-hydrogen) atoms. The largest absolute Gasteiger partial charge is 0.489 e. The highest BCUT2D eigenvalue weighted by Crippen LogP contribution is 2.22. The Kier molecular flexibility index (Phi) is 6.50. The molecule has 0 spiro atoms. The highest BCUT2D eigenvalue weighted by atomic mass is 32.1. The van der Waals surface area contributed by atoms with E-state index >= 15 is 0 Å². The lowest BCUT2D eigenvalue weighted by atomic mass is 10.1. The van der Waals surface area contributed by atoms with Crippen molar-refractivity contribution in [3.63, 3.8) is 0 Å². The van der Waals surface area contributed by atoms with Crippen LogP contribution < -0.4 is 4.74 Å². The van der Waals surface area contributed by atoms with Gasteiger partial charge in [0.05, 0.1) is 4.88 Å². The molecular weight excluding hydrogens is 392 g/mol. The predicted molar refractivity (Wildman–Crippen MR) is 122 cm³/mol. The third-order valence-electron chi connectivity index (χ3n) is 5.50. The smallest absolute Gasteiger partial charge is 0.264 e. The van der Waals surface area contributed by atoms with Crippen LogP contribution in [0.4, 0.5) is 0 Å². The van der Waals surface area contributed by atoms with Crippen LogP contribution in [0.15, 0.2) is 60.0 Å². The molecule has 4 rings (SSSR count). The number of benzene rings is 2. The van der Waals surface area contributed by atoms with Crippen molar-refractivity contribution in [3.8, 4) is 5.75 Å². The quantitative estimate of drug-likeness (QED) is 0.568. The summed E-state index contributed by atoms with van der Waals surface area (Å²) in [6.07, 6.45) is 0. The van der Waals surface area contributed by atoms with E-state index in [1.807, 2.05) is 47.5 Å². The van der Waals surface area contributed by atoms with E-state index in [4.69, 9.17) is 4.74 Å². The van der Waals surface area contributed by atoms with Gasteiger partial charge in [-0.15, -0.1) is 11.3 Å². The molecule has 1 aliphatic rings. The predicted octanol–water partition coefficient (Wildman–Crippen LogP) is 4.90. The zero-order valence-electron chi connectivity index (χ0n) is 17.6. The van der Waals surface area contributed by atoms with Crippen molar-refractivity contribution >= 4 is 17.2 Å². The van der Waals surface area contributed by atoms with Crippen molar-refractivity contribution in [2.75, 3.05) is 26.2 Å². The van der Waals surface area contributed by atoms with E-state index in [0.717, 1.165) is 54.5 Å². The third kappa shape index (κ3) is 5.10. The lowest BCUT2D eigenvalue weighted by Crippen LogP contribution is -2.48. The average molecular weight is 421 g/mol. The Morgan fingerprint density at radius 1 is 0.967 bits per heavy atom. The minimum atomic E-state index is 0.136. The van der Waals surface area contributed by atoms with Crippen molar-refractivity contribution in [2.45, 2.75) is 27.0 Å². The summed E-state index contributed by atoms with van der Waals surface area (Å²) in [6.45, 7) is 8.97. The lowest BCUT2D eigenvalue weighted by molar-refractivity contribution is 0.0633. The summed E-state index contributed by atoms with van der Waals surface area (Å²) < 4.78 is 5.92. The zero-order valence-corrected chi connectivity index (χ0v) is 18.5. The summed E-state index contributed by atoms with van der Waals surface area (Å²) in [5, 5.41) is 2.03. The van der Waals surface area contributed by atoms with Gasteiger partial charge in [-0.2, -0.15) is 0 Å². The second-order valence-electron chi connectivity index (χ2n) is 7.93. The summed E-state index contributed by atoms with van der Waals surface area (Å²) in [6, 6.07) is 18.6. The van der Waals surface area contributed by atoms with Crippen molar-refractivity contribution in [1.82, 2.24) is 9.80 Å². The van der Waals surface area contributed by atoms with Gasteiger partial charge in [0, 0.05) is 38.3 Å². The number of aryl methyl sites for hydroxylation is 2. The Morgan fingerprint density at radius 3 is 2.53 bits per heavy atom. The van der Waals surface area contributed by atoms with E-state index in [-0.39, 0.29) is 5.91 Å². The molecule has 0 radical (unpaired) electrons. The molecule has 1 saturated heterocycles. The van der Waals surface area contributed by atoms with E-state index in [2.05, 4.69) is 36.1 Å². The van der Waals surface area contributed by atoms with Crippen molar-refractivity contribution in [1.29, 1.82) is 0 Å². The molecule has 1 aliphatic heterocycles. The normalized spacial score (nSPS) is 14.7. The fourth-order valence-electron chi connectivity index (χ4n) is 3.78. The van der Waals surface area contributed by atoms with Crippen LogP contribution in [0.5, 0.6) is 5.75 Å². The molecule has 0 aliphatic carbocycles. The van der Waals surface area contributed by atoms with Gasteiger partial charge in [0.2, 0.25) is 0 Å². The zero-order chi connectivity index (χ0) is 20.9. The molecule has 0 saturated carbocycles. The van der Waals surface area contributed by atoms with Gasteiger partial charge in [0.25, 0.3) is 5.91 Å². The second kappa shape index (κ2) is 9.45. The van der Waals surface area contributed by atoms with Crippen LogP contribution in [0.3, 0.4) is 0 Å². The molecule has 2 heterocycles. The van der Waals surface area contributed by atoms with Gasteiger partial charge in [-0.3, -0.25) is 9.69 Å². The summed E-state index contributed by atoms with van der Waals surface area (Å²) in [7, 11) is 0. The number of rotatable bonds is 6. The highest BCUT2D eigenvalue weighted by molar-refractivity contribution is 7.12. The monoisotopic (exact) mass is 420 g/mol. The Balaban J connectivity index is 1.29. The average Bonchev–Trinajstić information content (AvgIpc) is 3.22. The summed E-state index contributed by atoms with van der Waals surface area (Å²) in [5.74, 6) is 1.03. The van der Waals surface area contributed by atoms with Crippen LogP contribution in [-0.4, -0.2) is 41.9 Å². The standard InChI is InChI=1S/C25H28N2O2S/c1-19-6-5-8-21(14-19)16-26-10-12-27(13-11-26)25(28)24-15-22(18-30-24)17-29-23-9-4-3-7-20(23)2/h3-9,14-15,18H,10-13,16-17H2,1-2H3. The molecule has 0 N–H and O–H groups in total. The van der Waals surface area contributed by atoms with Crippen molar-refractivity contribution < 1.29 is 9.53 Å². The molecule has 1 amide bonds. The van der Waals surface area contributed by atoms with Crippen LogP contribution in [0.1, 0.15) is 31.9 Å². The fourth-order valence-corrected chi connectivity index (χ4v) is 4.64. The molecule has 1 fully saturated rings. The maximum Gasteiger partial charge on any atom is 0.264 e. The molecule has 1 aromatic heterocycles.